The summed E-state index contributed by atoms with van der Waals surface area (Å²) in [6.07, 6.45) is 8.21. The minimum absolute atomic E-state index is 0.0793. The molecule has 0 saturated carbocycles. The molecule has 2 amide bonds. The fourth-order valence-corrected chi connectivity index (χ4v) is 4.84. The van der Waals surface area contributed by atoms with Crippen molar-refractivity contribution in [3.63, 3.8) is 0 Å². The third kappa shape index (κ3) is 3.59. The lowest BCUT2D eigenvalue weighted by atomic mass is 9.91. The van der Waals surface area contributed by atoms with Gasteiger partial charge >= 0.3 is 6.03 Å². The highest BCUT2D eigenvalue weighted by molar-refractivity contribution is 5.86. The number of urea groups is 1. The molecule has 1 aromatic carbocycles. The number of piperidine rings is 1. The Kier molecular flexibility index (Phi) is 4.70. The first-order valence-corrected chi connectivity index (χ1v) is 10.6. The van der Waals surface area contributed by atoms with E-state index in [9.17, 15) is 4.79 Å². The van der Waals surface area contributed by atoms with Gasteiger partial charge in [-0.15, -0.1) is 0 Å². The normalized spacial score (nSPS) is 19.9. The second-order valence-electron chi connectivity index (χ2n) is 8.42. The first-order valence-electron chi connectivity index (χ1n) is 10.6. The molecule has 2 aromatic heterocycles. The Morgan fingerprint density at radius 3 is 2.86 bits per heavy atom. The SMILES string of the molecule is Cc1ccc2[nH]c3c(c2c1)C[C@H](NC(=O)N1CCC(c2ccncn2)CC1)CC3. The third-order valence-electron chi connectivity index (χ3n) is 6.48. The van der Waals surface area contributed by atoms with Crippen LogP contribution >= 0.6 is 0 Å². The fourth-order valence-electron chi connectivity index (χ4n) is 4.84. The van der Waals surface area contributed by atoms with E-state index in [1.807, 2.05) is 11.0 Å². The molecule has 29 heavy (non-hydrogen) atoms. The number of carbonyl (C=O) groups is 1. The van der Waals surface area contributed by atoms with Crippen molar-refractivity contribution in [2.24, 2.45) is 0 Å². The molecule has 1 aliphatic heterocycles. The van der Waals surface area contributed by atoms with E-state index in [0.29, 0.717) is 5.92 Å². The van der Waals surface area contributed by atoms with E-state index in [2.05, 4.69) is 45.4 Å². The molecule has 5 rings (SSSR count). The zero-order valence-electron chi connectivity index (χ0n) is 16.8. The largest absolute Gasteiger partial charge is 0.358 e. The standard InChI is InChI=1S/C23H27N5O/c1-15-2-4-21-18(12-15)19-13-17(3-5-22(19)27-21)26-23(29)28-10-7-16(8-11-28)20-6-9-24-14-25-20/h2,4,6,9,12,14,16-17,27H,3,5,7-8,10-11,13H2,1H3,(H,26,29)/t17-/m1/s1. The summed E-state index contributed by atoms with van der Waals surface area (Å²) in [4.78, 5) is 26.8. The zero-order chi connectivity index (χ0) is 19.8. The van der Waals surface area contributed by atoms with Gasteiger partial charge in [0.05, 0.1) is 0 Å². The first kappa shape index (κ1) is 18.2. The number of benzene rings is 1. The van der Waals surface area contributed by atoms with Crippen LogP contribution in [0, 0.1) is 6.92 Å². The average Bonchev–Trinajstić information content (AvgIpc) is 3.12. The number of nitrogens with one attached hydrogen (secondary N) is 2. The maximum atomic E-state index is 12.9. The first-order chi connectivity index (χ1) is 14.2. The summed E-state index contributed by atoms with van der Waals surface area (Å²) in [7, 11) is 0. The van der Waals surface area contributed by atoms with Crippen LogP contribution in [0.4, 0.5) is 4.79 Å². The Morgan fingerprint density at radius 2 is 2.07 bits per heavy atom. The zero-order valence-corrected chi connectivity index (χ0v) is 16.8. The number of aromatic nitrogens is 3. The summed E-state index contributed by atoms with van der Waals surface area (Å²) in [5.74, 6) is 0.425. The van der Waals surface area contributed by atoms with Gasteiger partial charge < -0.3 is 15.2 Å². The van der Waals surface area contributed by atoms with Crippen LogP contribution in [-0.2, 0) is 12.8 Å². The van der Waals surface area contributed by atoms with Crippen molar-refractivity contribution in [1.82, 2.24) is 25.2 Å². The van der Waals surface area contributed by atoms with Gasteiger partial charge in [0.15, 0.2) is 0 Å². The molecule has 6 nitrogen and oxygen atoms in total. The lowest BCUT2D eigenvalue weighted by Gasteiger charge is -2.33. The molecular formula is C23H27N5O. The van der Waals surface area contributed by atoms with Crippen molar-refractivity contribution in [2.45, 2.75) is 51.0 Å². The molecule has 0 unspecified atom stereocenters. The Bertz CT molecular complexity index is 1020. The van der Waals surface area contributed by atoms with Crippen LogP contribution in [0.15, 0.2) is 36.8 Å². The number of aromatic amines is 1. The van der Waals surface area contributed by atoms with Gasteiger partial charge in [0.2, 0.25) is 0 Å². The molecular weight excluding hydrogens is 362 g/mol. The van der Waals surface area contributed by atoms with E-state index in [1.54, 1.807) is 12.5 Å². The van der Waals surface area contributed by atoms with E-state index in [-0.39, 0.29) is 12.1 Å². The topological polar surface area (TPSA) is 73.9 Å². The van der Waals surface area contributed by atoms with Gasteiger partial charge in [0.1, 0.15) is 6.33 Å². The molecule has 2 aliphatic rings. The summed E-state index contributed by atoms with van der Waals surface area (Å²) >= 11 is 0. The van der Waals surface area contributed by atoms with Crippen molar-refractivity contribution < 1.29 is 4.79 Å². The number of nitrogens with zero attached hydrogens (tertiary/aromatic N) is 3. The van der Waals surface area contributed by atoms with E-state index in [1.165, 1.54) is 27.7 Å². The van der Waals surface area contributed by atoms with Gasteiger partial charge in [0, 0.05) is 53.5 Å². The summed E-state index contributed by atoms with van der Waals surface area (Å²) in [6.45, 7) is 3.70. The molecule has 1 fully saturated rings. The predicted molar refractivity (Wildman–Crippen MR) is 113 cm³/mol. The van der Waals surface area contributed by atoms with Crippen LogP contribution < -0.4 is 5.32 Å². The van der Waals surface area contributed by atoms with Crippen LogP contribution in [-0.4, -0.2) is 45.0 Å². The monoisotopic (exact) mass is 389 g/mol. The number of amides is 2. The van der Waals surface area contributed by atoms with Crippen molar-refractivity contribution >= 4 is 16.9 Å². The van der Waals surface area contributed by atoms with Gasteiger partial charge in [-0.25, -0.2) is 14.8 Å². The quantitative estimate of drug-likeness (QED) is 0.702. The fraction of sp³-hybridized carbons (Fsp3) is 0.435. The summed E-state index contributed by atoms with van der Waals surface area (Å²) in [5.41, 5.74) is 6.29. The van der Waals surface area contributed by atoms with Gasteiger partial charge in [-0.05, 0) is 62.8 Å². The third-order valence-corrected chi connectivity index (χ3v) is 6.48. The molecule has 150 valence electrons. The van der Waals surface area contributed by atoms with Gasteiger partial charge in [-0.1, -0.05) is 11.6 Å². The molecule has 0 radical (unpaired) electrons. The van der Waals surface area contributed by atoms with Crippen LogP contribution in [0.25, 0.3) is 10.9 Å². The number of rotatable bonds is 2. The van der Waals surface area contributed by atoms with Crippen LogP contribution in [0.2, 0.25) is 0 Å². The summed E-state index contributed by atoms with van der Waals surface area (Å²) < 4.78 is 0. The Balaban J connectivity index is 1.21. The van der Waals surface area contributed by atoms with Gasteiger partial charge in [-0.2, -0.15) is 0 Å². The highest BCUT2D eigenvalue weighted by atomic mass is 16.2. The lowest BCUT2D eigenvalue weighted by Crippen LogP contribution is -2.49. The van der Waals surface area contributed by atoms with Crippen molar-refractivity contribution in [2.75, 3.05) is 13.1 Å². The Morgan fingerprint density at radius 1 is 1.21 bits per heavy atom. The maximum absolute atomic E-state index is 12.9. The average molecular weight is 390 g/mol. The molecule has 1 saturated heterocycles. The molecule has 6 heteroatoms. The van der Waals surface area contributed by atoms with Gasteiger partial charge in [-0.3, -0.25) is 0 Å². The predicted octanol–water partition coefficient (Wildman–Crippen LogP) is 3.71. The van der Waals surface area contributed by atoms with E-state index in [4.69, 9.17) is 0 Å². The molecule has 1 atom stereocenters. The second-order valence-corrected chi connectivity index (χ2v) is 8.42. The van der Waals surface area contributed by atoms with Crippen molar-refractivity contribution in [3.8, 4) is 0 Å². The number of H-pyrrole nitrogens is 1. The van der Waals surface area contributed by atoms with Crippen LogP contribution in [0.3, 0.4) is 0 Å². The molecule has 2 N–H and O–H groups in total. The summed E-state index contributed by atoms with van der Waals surface area (Å²) in [6, 6.07) is 8.84. The smallest absolute Gasteiger partial charge is 0.317 e. The van der Waals surface area contributed by atoms with Crippen LogP contribution in [0.5, 0.6) is 0 Å². The number of aryl methyl sites for hydroxylation is 2. The maximum Gasteiger partial charge on any atom is 0.317 e. The lowest BCUT2D eigenvalue weighted by molar-refractivity contribution is 0.176. The van der Waals surface area contributed by atoms with Crippen molar-refractivity contribution in [1.29, 1.82) is 0 Å². The molecule has 3 aromatic rings. The number of hydrogen-bond donors (Lipinski definition) is 2. The second kappa shape index (κ2) is 7.50. The minimum Gasteiger partial charge on any atom is -0.358 e. The number of fused-ring (bicyclic) bond motifs is 3. The van der Waals surface area contributed by atoms with E-state index < -0.39 is 0 Å². The number of hydrogen-bond acceptors (Lipinski definition) is 3. The number of carbonyl (C=O) groups excluding carboxylic acids is 1. The highest BCUT2D eigenvalue weighted by Crippen LogP contribution is 2.30. The summed E-state index contributed by atoms with van der Waals surface area (Å²) in [5, 5.41) is 4.61. The van der Waals surface area contributed by atoms with Gasteiger partial charge in [0.25, 0.3) is 0 Å². The minimum atomic E-state index is 0.0793. The van der Waals surface area contributed by atoms with Crippen LogP contribution in [0.1, 0.15) is 47.7 Å². The number of likely N-dealkylation sites (tertiary alicyclic amines) is 1. The van der Waals surface area contributed by atoms with Crippen molar-refractivity contribution in [3.05, 3.63) is 59.3 Å². The Hall–Kier alpha value is -2.89. The molecule has 1 aliphatic carbocycles. The van der Waals surface area contributed by atoms with E-state index in [0.717, 1.165) is 50.9 Å². The molecule has 3 heterocycles. The van der Waals surface area contributed by atoms with E-state index >= 15 is 0 Å². The molecule has 0 spiro atoms. The highest BCUT2D eigenvalue weighted by Gasteiger charge is 2.28. The Labute approximate surface area is 170 Å². The molecule has 0 bridgehead atoms.